The summed E-state index contributed by atoms with van der Waals surface area (Å²) >= 11 is 0. The lowest BCUT2D eigenvalue weighted by Gasteiger charge is -2.43. The fourth-order valence-corrected chi connectivity index (χ4v) is 3.77. The molecule has 0 atom stereocenters. The highest BCUT2D eigenvalue weighted by Crippen LogP contribution is 2.47. The number of rotatable bonds is 3. The Morgan fingerprint density at radius 2 is 1.80 bits per heavy atom. The summed E-state index contributed by atoms with van der Waals surface area (Å²) < 4.78 is 0. The van der Waals surface area contributed by atoms with Crippen LogP contribution in [0.15, 0.2) is 18.2 Å². The van der Waals surface area contributed by atoms with Crippen LogP contribution in [0.5, 0.6) is 0 Å². The van der Waals surface area contributed by atoms with Crippen LogP contribution in [0.1, 0.15) is 69.6 Å². The minimum Gasteiger partial charge on any atom is -0.385 e. The van der Waals surface area contributed by atoms with Crippen molar-refractivity contribution in [2.45, 2.75) is 72.3 Å². The van der Waals surface area contributed by atoms with E-state index >= 15 is 0 Å². The molecule has 0 amide bonds. The van der Waals surface area contributed by atoms with Crippen molar-refractivity contribution in [3.05, 3.63) is 34.9 Å². The molecule has 0 heterocycles. The molecule has 1 fully saturated rings. The summed E-state index contributed by atoms with van der Waals surface area (Å²) in [4.78, 5) is 0. The van der Waals surface area contributed by atoms with E-state index in [0.29, 0.717) is 5.41 Å². The molecule has 0 spiro atoms. The highest BCUT2D eigenvalue weighted by atomic mass is 16.3. The summed E-state index contributed by atoms with van der Waals surface area (Å²) in [5.74, 6) is 0.749. The van der Waals surface area contributed by atoms with Crippen molar-refractivity contribution in [2.24, 2.45) is 11.3 Å². The van der Waals surface area contributed by atoms with Gasteiger partial charge in [-0.25, -0.2) is 0 Å². The summed E-state index contributed by atoms with van der Waals surface area (Å²) in [6.45, 7) is 11.3. The summed E-state index contributed by atoms with van der Waals surface area (Å²) in [7, 11) is 0. The van der Waals surface area contributed by atoms with Crippen molar-refractivity contribution in [1.82, 2.24) is 0 Å². The summed E-state index contributed by atoms with van der Waals surface area (Å²) in [5.41, 5.74) is 3.47. The van der Waals surface area contributed by atoms with Gasteiger partial charge in [0.1, 0.15) is 0 Å². The number of benzene rings is 1. The number of hydrogen-bond donors (Lipinski definition) is 1. The van der Waals surface area contributed by atoms with E-state index in [-0.39, 0.29) is 0 Å². The first-order valence-corrected chi connectivity index (χ1v) is 8.08. The second-order valence-electron chi connectivity index (χ2n) is 7.47. The largest absolute Gasteiger partial charge is 0.385 e. The lowest BCUT2D eigenvalue weighted by Crippen LogP contribution is -2.36. The molecule has 1 aromatic carbocycles. The lowest BCUT2D eigenvalue weighted by atomic mass is 9.65. The molecule has 112 valence electrons. The van der Waals surface area contributed by atoms with Gasteiger partial charge in [0.05, 0.1) is 5.60 Å². The first kappa shape index (κ1) is 15.6. The maximum Gasteiger partial charge on any atom is 0.0899 e. The fraction of sp³-hybridized carbons (Fsp3) is 0.684. The van der Waals surface area contributed by atoms with E-state index in [9.17, 15) is 5.11 Å². The number of aryl methyl sites for hydroxylation is 2. The SMILES string of the molecule is CCC(C)(C)C1CCC(O)(c2ccc(C)cc2C)CC1. The van der Waals surface area contributed by atoms with E-state index in [1.54, 1.807) is 0 Å². The Hall–Kier alpha value is -0.820. The van der Waals surface area contributed by atoms with Gasteiger partial charge in [-0.3, -0.25) is 0 Å². The molecule has 1 heteroatoms. The molecule has 1 N–H and O–H groups in total. The normalized spacial score (nSPS) is 27.6. The Balaban J connectivity index is 2.15. The smallest absolute Gasteiger partial charge is 0.0899 e. The maximum atomic E-state index is 11.1. The molecule has 0 bridgehead atoms. The Morgan fingerprint density at radius 3 is 2.30 bits per heavy atom. The van der Waals surface area contributed by atoms with E-state index < -0.39 is 5.60 Å². The molecule has 1 aromatic rings. The molecule has 0 aliphatic heterocycles. The molecule has 1 aliphatic carbocycles. The molecule has 20 heavy (non-hydrogen) atoms. The van der Waals surface area contributed by atoms with Crippen LogP contribution >= 0.6 is 0 Å². The quantitative estimate of drug-likeness (QED) is 0.811. The molecule has 1 saturated carbocycles. The van der Waals surface area contributed by atoms with Crippen molar-refractivity contribution < 1.29 is 5.11 Å². The van der Waals surface area contributed by atoms with Gasteiger partial charge >= 0.3 is 0 Å². The highest BCUT2D eigenvalue weighted by Gasteiger charge is 2.39. The summed E-state index contributed by atoms with van der Waals surface area (Å²) in [6, 6.07) is 6.45. The summed E-state index contributed by atoms with van der Waals surface area (Å²) in [5, 5.41) is 11.1. The average molecular weight is 274 g/mol. The van der Waals surface area contributed by atoms with E-state index in [0.717, 1.165) is 37.2 Å². The molecule has 1 nitrogen and oxygen atoms in total. The Morgan fingerprint density at radius 1 is 1.20 bits per heavy atom. The van der Waals surface area contributed by atoms with Crippen LogP contribution in [0.4, 0.5) is 0 Å². The molecular weight excluding hydrogens is 244 g/mol. The molecule has 1 aliphatic rings. The highest BCUT2D eigenvalue weighted by molar-refractivity contribution is 5.35. The minimum atomic E-state index is -0.599. The van der Waals surface area contributed by atoms with Gasteiger partial charge in [-0.05, 0) is 62.0 Å². The van der Waals surface area contributed by atoms with Gasteiger partial charge in [0.2, 0.25) is 0 Å². The van der Waals surface area contributed by atoms with Crippen LogP contribution < -0.4 is 0 Å². The minimum absolute atomic E-state index is 0.406. The van der Waals surface area contributed by atoms with Crippen LogP contribution in [-0.2, 0) is 5.60 Å². The van der Waals surface area contributed by atoms with Crippen molar-refractivity contribution in [1.29, 1.82) is 0 Å². The lowest BCUT2D eigenvalue weighted by molar-refractivity contribution is -0.0332. The maximum absolute atomic E-state index is 11.1. The van der Waals surface area contributed by atoms with Crippen molar-refractivity contribution in [3.63, 3.8) is 0 Å². The molecular formula is C19H30O. The standard InChI is InChI=1S/C19H30O/c1-6-18(4,5)16-9-11-19(20,12-10-16)17-8-7-14(2)13-15(17)3/h7-8,13,16,20H,6,9-12H2,1-5H3. The zero-order valence-corrected chi connectivity index (χ0v) is 13.8. The zero-order valence-electron chi connectivity index (χ0n) is 13.8. The first-order chi connectivity index (χ1) is 9.28. The van der Waals surface area contributed by atoms with Gasteiger partial charge in [-0.2, -0.15) is 0 Å². The first-order valence-electron chi connectivity index (χ1n) is 8.08. The average Bonchev–Trinajstić information content (AvgIpc) is 2.39. The van der Waals surface area contributed by atoms with Crippen molar-refractivity contribution in [3.8, 4) is 0 Å². The van der Waals surface area contributed by atoms with Gasteiger partial charge in [-0.1, -0.05) is 51.0 Å². The third-order valence-corrected chi connectivity index (χ3v) is 5.71. The monoisotopic (exact) mass is 274 g/mol. The van der Waals surface area contributed by atoms with Gasteiger partial charge in [0.25, 0.3) is 0 Å². The van der Waals surface area contributed by atoms with Gasteiger partial charge in [-0.15, -0.1) is 0 Å². The molecule has 0 aromatic heterocycles. The van der Waals surface area contributed by atoms with Crippen molar-refractivity contribution in [2.75, 3.05) is 0 Å². The number of hydrogen-bond acceptors (Lipinski definition) is 1. The van der Waals surface area contributed by atoms with Crippen LogP contribution in [-0.4, -0.2) is 5.11 Å². The topological polar surface area (TPSA) is 20.2 Å². The molecule has 0 unspecified atom stereocenters. The van der Waals surface area contributed by atoms with E-state index in [1.807, 2.05) is 0 Å². The predicted molar refractivity (Wildman–Crippen MR) is 85.8 cm³/mol. The Bertz CT molecular complexity index is 465. The van der Waals surface area contributed by atoms with E-state index in [4.69, 9.17) is 0 Å². The second kappa shape index (κ2) is 5.52. The number of aliphatic hydroxyl groups is 1. The molecule has 0 saturated heterocycles. The summed E-state index contributed by atoms with van der Waals surface area (Å²) in [6.07, 6.45) is 5.32. The van der Waals surface area contributed by atoms with Gasteiger partial charge in [0.15, 0.2) is 0 Å². The van der Waals surface area contributed by atoms with Crippen LogP contribution in [0, 0.1) is 25.2 Å². The molecule has 2 rings (SSSR count). The third kappa shape index (κ3) is 2.93. The van der Waals surface area contributed by atoms with Gasteiger partial charge < -0.3 is 5.11 Å². The zero-order chi connectivity index (χ0) is 15.0. The van der Waals surface area contributed by atoms with Crippen molar-refractivity contribution >= 4 is 0 Å². The Labute approximate surface area is 124 Å². The van der Waals surface area contributed by atoms with E-state index in [1.165, 1.54) is 17.5 Å². The van der Waals surface area contributed by atoms with Crippen LogP contribution in [0.25, 0.3) is 0 Å². The van der Waals surface area contributed by atoms with Gasteiger partial charge in [0, 0.05) is 0 Å². The van der Waals surface area contributed by atoms with Crippen LogP contribution in [0.3, 0.4) is 0 Å². The fourth-order valence-electron chi connectivity index (χ4n) is 3.77. The Kier molecular flexibility index (Phi) is 4.30. The van der Waals surface area contributed by atoms with Crippen LogP contribution in [0.2, 0.25) is 0 Å². The predicted octanol–water partition coefficient (Wildman–Crippen LogP) is 5.12. The molecule has 0 radical (unpaired) electrons. The third-order valence-electron chi connectivity index (χ3n) is 5.71. The second-order valence-corrected chi connectivity index (χ2v) is 7.47. The van der Waals surface area contributed by atoms with E-state index in [2.05, 4.69) is 52.8 Å².